The van der Waals surface area contributed by atoms with E-state index in [-0.39, 0.29) is 12.2 Å². The van der Waals surface area contributed by atoms with Crippen LogP contribution in [-0.4, -0.2) is 47.0 Å². The van der Waals surface area contributed by atoms with Crippen molar-refractivity contribution in [3.63, 3.8) is 0 Å². The highest BCUT2D eigenvalue weighted by atomic mass is 32.1. The summed E-state index contributed by atoms with van der Waals surface area (Å²) in [5.41, 5.74) is 2.29. The number of aryl methyl sites for hydroxylation is 1. The molecule has 136 valence electrons. The molecule has 1 aromatic carbocycles. The predicted molar refractivity (Wildman–Crippen MR) is 96.9 cm³/mol. The van der Waals surface area contributed by atoms with E-state index in [0.717, 1.165) is 16.9 Å². The number of imide groups is 1. The minimum Gasteiger partial charge on any atom is -0.448 e. The molecule has 3 rings (SSSR count). The zero-order chi connectivity index (χ0) is 18.7. The number of ether oxygens (including phenoxy) is 1. The third kappa shape index (κ3) is 3.75. The summed E-state index contributed by atoms with van der Waals surface area (Å²) >= 11 is 1.33. The Bertz CT molecular complexity index is 831. The van der Waals surface area contributed by atoms with Crippen molar-refractivity contribution < 1.29 is 19.1 Å². The van der Waals surface area contributed by atoms with Crippen molar-refractivity contribution in [2.24, 2.45) is 0 Å². The number of benzene rings is 1. The van der Waals surface area contributed by atoms with Crippen molar-refractivity contribution in [2.75, 3.05) is 13.1 Å². The predicted octanol–water partition coefficient (Wildman–Crippen LogP) is 2.47. The second-order valence-corrected chi connectivity index (χ2v) is 6.72. The first-order chi connectivity index (χ1) is 12.5. The first kappa shape index (κ1) is 18.1. The molecule has 7 nitrogen and oxygen atoms in total. The molecule has 0 spiro atoms. The normalized spacial score (nSPS) is 14.8. The van der Waals surface area contributed by atoms with E-state index in [0.29, 0.717) is 11.6 Å². The molecule has 8 heteroatoms. The van der Waals surface area contributed by atoms with Gasteiger partial charge < -0.3 is 10.1 Å². The number of carbonyl (C=O) groups excluding carboxylic acids is 3. The fourth-order valence-corrected chi connectivity index (χ4v) is 3.35. The average molecular weight is 373 g/mol. The Morgan fingerprint density at radius 1 is 1.35 bits per heavy atom. The van der Waals surface area contributed by atoms with Crippen LogP contribution in [0.25, 0.3) is 10.6 Å². The molecule has 1 atom stereocenters. The Morgan fingerprint density at radius 3 is 2.69 bits per heavy atom. The van der Waals surface area contributed by atoms with Gasteiger partial charge in [-0.05, 0) is 18.9 Å². The van der Waals surface area contributed by atoms with Crippen LogP contribution in [0, 0.1) is 0 Å². The number of hydrogen-bond acceptors (Lipinski definition) is 6. The third-order valence-corrected chi connectivity index (χ3v) is 4.97. The minimum absolute atomic E-state index is 0.148. The second-order valence-electron chi connectivity index (χ2n) is 5.86. The summed E-state index contributed by atoms with van der Waals surface area (Å²) in [5.74, 6) is -1.22. The quantitative estimate of drug-likeness (QED) is 0.814. The van der Waals surface area contributed by atoms with Gasteiger partial charge in [-0.3, -0.25) is 9.69 Å². The Balaban J connectivity index is 1.65. The fourth-order valence-electron chi connectivity index (χ4n) is 2.56. The third-order valence-electron chi connectivity index (χ3n) is 4.08. The van der Waals surface area contributed by atoms with Crippen LogP contribution >= 0.6 is 11.3 Å². The monoisotopic (exact) mass is 373 g/mol. The zero-order valence-corrected chi connectivity index (χ0v) is 15.3. The van der Waals surface area contributed by atoms with Gasteiger partial charge in [-0.1, -0.05) is 31.2 Å². The molecule has 1 aliphatic heterocycles. The topological polar surface area (TPSA) is 88.6 Å². The van der Waals surface area contributed by atoms with Gasteiger partial charge in [-0.25, -0.2) is 14.6 Å². The van der Waals surface area contributed by atoms with E-state index >= 15 is 0 Å². The van der Waals surface area contributed by atoms with Crippen LogP contribution in [0.4, 0.5) is 4.79 Å². The molecule has 1 saturated heterocycles. The number of thiazole rings is 1. The smallest absolute Gasteiger partial charge is 0.358 e. The summed E-state index contributed by atoms with van der Waals surface area (Å²) in [6, 6.07) is 7.51. The lowest BCUT2D eigenvalue weighted by atomic mass is 10.1. The molecule has 26 heavy (non-hydrogen) atoms. The SMILES string of the molecule is CCc1ccc(-c2nc(C(=O)O[C@H](C)C(=O)N3CCNC3=O)cs2)cc1. The highest BCUT2D eigenvalue weighted by Crippen LogP contribution is 2.24. The summed E-state index contributed by atoms with van der Waals surface area (Å²) in [7, 11) is 0. The van der Waals surface area contributed by atoms with Crippen molar-refractivity contribution in [1.29, 1.82) is 0 Å². The lowest BCUT2D eigenvalue weighted by molar-refractivity contribution is -0.136. The Morgan fingerprint density at radius 2 is 2.08 bits per heavy atom. The van der Waals surface area contributed by atoms with Crippen LogP contribution in [0.15, 0.2) is 29.6 Å². The van der Waals surface area contributed by atoms with Crippen molar-refractivity contribution in [1.82, 2.24) is 15.2 Å². The van der Waals surface area contributed by atoms with Crippen molar-refractivity contribution in [3.05, 3.63) is 40.9 Å². The molecule has 1 fully saturated rings. The lowest BCUT2D eigenvalue weighted by Gasteiger charge is -2.17. The fraction of sp³-hybridized carbons (Fsp3) is 0.333. The molecule has 0 saturated carbocycles. The standard InChI is InChI=1S/C18H19N3O4S/c1-3-12-4-6-13(7-5-12)15-20-14(10-26-15)17(23)25-11(2)16(22)21-9-8-19-18(21)24/h4-7,10-11H,3,8-9H2,1-2H3,(H,19,24)/t11-/m1/s1. The Labute approximate surface area is 155 Å². The van der Waals surface area contributed by atoms with E-state index in [9.17, 15) is 14.4 Å². The van der Waals surface area contributed by atoms with Crippen LogP contribution < -0.4 is 5.32 Å². The molecular weight excluding hydrogens is 354 g/mol. The zero-order valence-electron chi connectivity index (χ0n) is 14.5. The van der Waals surface area contributed by atoms with Crippen molar-refractivity contribution in [3.8, 4) is 10.6 Å². The largest absolute Gasteiger partial charge is 0.448 e. The van der Waals surface area contributed by atoms with E-state index in [1.165, 1.54) is 23.8 Å². The number of amides is 3. The van der Waals surface area contributed by atoms with E-state index in [1.807, 2.05) is 24.3 Å². The molecule has 1 aromatic heterocycles. The number of rotatable bonds is 5. The molecule has 2 heterocycles. The Kier molecular flexibility index (Phi) is 5.32. The number of carbonyl (C=O) groups is 3. The summed E-state index contributed by atoms with van der Waals surface area (Å²) in [4.78, 5) is 41.3. The van der Waals surface area contributed by atoms with Crippen molar-refractivity contribution >= 4 is 29.2 Å². The number of aromatic nitrogens is 1. The maximum absolute atomic E-state index is 12.3. The number of esters is 1. The number of urea groups is 1. The van der Waals surface area contributed by atoms with E-state index < -0.39 is 24.0 Å². The summed E-state index contributed by atoms with van der Waals surface area (Å²) in [6.07, 6.45) is -0.100. The highest BCUT2D eigenvalue weighted by Gasteiger charge is 2.32. The van der Waals surface area contributed by atoms with Gasteiger partial charge in [-0.15, -0.1) is 11.3 Å². The summed E-state index contributed by atoms with van der Waals surface area (Å²) < 4.78 is 5.18. The molecule has 3 amide bonds. The van der Waals surface area contributed by atoms with Gasteiger partial charge >= 0.3 is 12.0 Å². The van der Waals surface area contributed by atoms with Crippen LogP contribution in [0.3, 0.4) is 0 Å². The van der Waals surface area contributed by atoms with Gasteiger partial charge in [0.25, 0.3) is 5.91 Å². The molecule has 2 aromatic rings. The van der Waals surface area contributed by atoms with Crippen LogP contribution in [-0.2, 0) is 16.0 Å². The molecule has 0 bridgehead atoms. The first-order valence-corrected chi connectivity index (χ1v) is 9.22. The Hall–Kier alpha value is -2.74. The van der Waals surface area contributed by atoms with Gasteiger partial charge in [0.2, 0.25) is 0 Å². The summed E-state index contributed by atoms with van der Waals surface area (Å²) in [5, 5.41) is 4.84. The first-order valence-electron chi connectivity index (χ1n) is 8.34. The molecule has 0 radical (unpaired) electrons. The number of nitrogens with one attached hydrogen (secondary N) is 1. The lowest BCUT2D eigenvalue weighted by Crippen LogP contribution is -2.41. The van der Waals surface area contributed by atoms with Crippen molar-refractivity contribution in [2.45, 2.75) is 26.4 Å². The molecule has 1 aliphatic rings. The maximum atomic E-state index is 12.3. The van der Waals surface area contributed by atoms with Gasteiger partial charge in [0.1, 0.15) is 5.01 Å². The van der Waals surface area contributed by atoms with Crippen LogP contribution in [0.5, 0.6) is 0 Å². The van der Waals surface area contributed by atoms with E-state index in [4.69, 9.17) is 4.74 Å². The van der Waals surface area contributed by atoms with Gasteiger partial charge in [0, 0.05) is 24.0 Å². The molecule has 0 aliphatic carbocycles. The maximum Gasteiger partial charge on any atom is 0.358 e. The van der Waals surface area contributed by atoms with Gasteiger partial charge in [0.05, 0.1) is 0 Å². The number of hydrogen-bond donors (Lipinski definition) is 1. The van der Waals surface area contributed by atoms with Gasteiger partial charge in [-0.2, -0.15) is 0 Å². The van der Waals surface area contributed by atoms with Gasteiger partial charge in [0.15, 0.2) is 11.8 Å². The molecule has 1 N–H and O–H groups in total. The minimum atomic E-state index is -1.06. The molecule has 0 unspecified atom stereocenters. The van der Waals surface area contributed by atoms with E-state index in [2.05, 4.69) is 17.2 Å². The number of nitrogens with zero attached hydrogens (tertiary/aromatic N) is 2. The molecular formula is C18H19N3O4S. The summed E-state index contributed by atoms with van der Waals surface area (Å²) in [6.45, 7) is 4.20. The van der Waals surface area contributed by atoms with Crippen LogP contribution in [0.2, 0.25) is 0 Å². The van der Waals surface area contributed by atoms with Crippen LogP contribution in [0.1, 0.15) is 29.9 Å². The highest BCUT2D eigenvalue weighted by molar-refractivity contribution is 7.13. The average Bonchev–Trinajstić information content (AvgIpc) is 3.30. The second kappa shape index (κ2) is 7.65. The van der Waals surface area contributed by atoms with E-state index in [1.54, 1.807) is 5.38 Å².